The molecule has 2 rings (SSSR count). The van der Waals surface area contributed by atoms with Crippen molar-refractivity contribution in [3.8, 4) is 0 Å². The number of piperazine rings is 1. The second-order valence-corrected chi connectivity index (χ2v) is 7.31. The van der Waals surface area contributed by atoms with E-state index in [9.17, 15) is 0 Å². The summed E-state index contributed by atoms with van der Waals surface area (Å²) < 4.78 is 0. The normalized spacial score (nSPS) is 34.9. The van der Waals surface area contributed by atoms with E-state index in [4.69, 9.17) is 0 Å². The monoisotopic (exact) mass is 267 g/mol. The van der Waals surface area contributed by atoms with Crippen LogP contribution in [-0.4, -0.2) is 61.7 Å². The molecule has 0 bridgehead atoms. The van der Waals surface area contributed by atoms with E-state index in [-0.39, 0.29) is 0 Å². The minimum Gasteiger partial charge on any atom is -0.311 e. The van der Waals surface area contributed by atoms with Crippen molar-refractivity contribution in [1.29, 1.82) is 0 Å². The van der Waals surface area contributed by atoms with Gasteiger partial charge in [0.05, 0.1) is 0 Å². The number of hydrogen-bond acceptors (Lipinski definition) is 3. The van der Waals surface area contributed by atoms with Crippen LogP contribution >= 0.6 is 0 Å². The minimum absolute atomic E-state index is 0.704. The number of nitrogens with zero attached hydrogens (tertiary/aromatic N) is 2. The van der Waals surface area contributed by atoms with Gasteiger partial charge in [0.2, 0.25) is 0 Å². The van der Waals surface area contributed by atoms with E-state index in [1.807, 2.05) is 0 Å². The molecule has 3 atom stereocenters. The molecular formula is C16H33N3. The summed E-state index contributed by atoms with van der Waals surface area (Å²) in [4.78, 5) is 5.25. The average Bonchev–Trinajstić information content (AvgIpc) is 2.33. The summed E-state index contributed by atoms with van der Waals surface area (Å²) in [6, 6.07) is 1.41. The zero-order valence-electron chi connectivity index (χ0n) is 13.4. The molecule has 19 heavy (non-hydrogen) atoms. The molecule has 2 heterocycles. The number of piperidine rings is 1. The smallest absolute Gasteiger partial charge is 0.0198 e. The molecule has 2 fully saturated rings. The SMILES string of the molecule is CC(C)CC1CN(CC2CCCN(C)C2)C(C)CN1. The molecule has 0 aromatic rings. The first-order valence-electron chi connectivity index (χ1n) is 8.20. The molecule has 1 N–H and O–H groups in total. The lowest BCUT2D eigenvalue weighted by Crippen LogP contribution is -2.57. The Labute approximate surface area is 119 Å². The van der Waals surface area contributed by atoms with Crippen LogP contribution < -0.4 is 5.32 Å². The van der Waals surface area contributed by atoms with E-state index < -0.39 is 0 Å². The molecule has 3 nitrogen and oxygen atoms in total. The van der Waals surface area contributed by atoms with Crippen LogP contribution in [0.15, 0.2) is 0 Å². The van der Waals surface area contributed by atoms with E-state index in [0.29, 0.717) is 12.1 Å². The lowest BCUT2D eigenvalue weighted by molar-refractivity contribution is 0.0878. The Morgan fingerprint density at radius 2 is 2.05 bits per heavy atom. The van der Waals surface area contributed by atoms with Crippen LogP contribution in [0.4, 0.5) is 0 Å². The summed E-state index contributed by atoms with van der Waals surface area (Å²) in [5.74, 6) is 1.69. The summed E-state index contributed by atoms with van der Waals surface area (Å²) in [6.07, 6.45) is 4.13. The highest BCUT2D eigenvalue weighted by molar-refractivity contribution is 4.86. The van der Waals surface area contributed by atoms with Gasteiger partial charge in [-0.05, 0) is 51.6 Å². The molecular weight excluding hydrogens is 234 g/mol. The van der Waals surface area contributed by atoms with Crippen LogP contribution in [0.1, 0.15) is 40.0 Å². The van der Waals surface area contributed by atoms with Crippen LogP contribution in [0.2, 0.25) is 0 Å². The molecule has 0 aromatic carbocycles. The first-order chi connectivity index (χ1) is 9.04. The van der Waals surface area contributed by atoms with E-state index >= 15 is 0 Å². The van der Waals surface area contributed by atoms with Crippen molar-refractivity contribution in [1.82, 2.24) is 15.1 Å². The Morgan fingerprint density at radius 1 is 1.26 bits per heavy atom. The predicted octanol–water partition coefficient (Wildman–Crippen LogP) is 2.04. The summed E-state index contributed by atoms with van der Waals surface area (Å²) in [5, 5.41) is 3.72. The fourth-order valence-corrected chi connectivity index (χ4v) is 3.73. The van der Waals surface area contributed by atoms with Crippen molar-refractivity contribution in [3.05, 3.63) is 0 Å². The molecule has 0 spiro atoms. The van der Waals surface area contributed by atoms with Gasteiger partial charge in [-0.3, -0.25) is 4.90 Å². The average molecular weight is 267 g/mol. The van der Waals surface area contributed by atoms with E-state index in [2.05, 4.69) is 42.9 Å². The molecule has 3 unspecified atom stereocenters. The number of likely N-dealkylation sites (tertiary alicyclic amines) is 1. The van der Waals surface area contributed by atoms with Crippen molar-refractivity contribution in [2.24, 2.45) is 11.8 Å². The van der Waals surface area contributed by atoms with Gasteiger partial charge in [0, 0.05) is 38.3 Å². The second-order valence-electron chi connectivity index (χ2n) is 7.31. The van der Waals surface area contributed by atoms with Crippen molar-refractivity contribution in [2.45, 2.75) is 52.1 Å². The molecule has 2 saturated heterocycles. The highest BCUT2D eigenvalue weighted by atomic mass is 15.2. The van der Waals surface area contributed by atoms with Crippen LogP contribution in [0.5, 0.6) is 0 Å². The van der Waals surface area contributed by atoms with Crippen molar-refractivity contribution < 1.29 is 0 Å². The van der Waals surface area contributed by atoms with Gasteiger partial charge in [-0.1, -0.05) is 13.8 Å². The zero-order valence-corrected chi connectivity index (χ0v) is 13.4. The van der Waals surface area contributed by atoms with Gasteiger partial charge in [-0.25, -0.2) is 0 Å². The standard InChI is InChI=1S/C16H33N3/c1-13(2)8-16-12-19(14(3)9-17-16)11-15-6-5-7-18(4)10-15/h13-17H,5-12H2,1-4H3. The largest absolute Gasteiger partial charge is 0.311 e. The van der Waals surface area contributed by atoms with Gasteiger partial charge in [0.15, 0.2) is 0 Å². The maximum atomic E-state index is 3.72. The molecule has 0 saturated carbocycles. The van der Waals surface area contributed by atoms with Gasteiger partial charge in [0.1, 0.15) is 0 Å². The molecule has 0 radical (unpaired) electrons. The molecule has 2 aliphatic rings. The lowest BCUT2D eigenvalue weighted by Gasteiger charge is -2.42. The highest BCUT2D eigenvalue weighted by Gasteiger charge is 2.28. The first kappa shape index (κ1) is 15.3. The molecule has 0 aromatic heterocycles. The molecule has 0 amide bonds. The van der Waals surface area contributed by atoms with Crippen LogP contribution in [0.3, 0.4) is 0 Å². The van der Waals surface area contributed by atoms with Gasteiger partial charge in [-0.2, -0.15) is 0 Å². The Kier molecular flexibility index (Phi) is 5.67. The molecule has 112 valence electrons. The Bertz CT molecular complexity index is 267. The van der Waals surface area contributed by atoms with Crippen molar-refractivity contribution in [2.75, 3.05) is 39.8 Å². The third kappa shape index (κ3) is 4.73. The number of nitrogens with one attached hydrogen (secondary N) is 1. The Balaban J connectivity index is 1.82. The van der Waals surface area contributed by atoms with Crippen molar-refractivity contribution in [3.63, 3.8) is 0 Å². The fraction of sp³-hybridized carbons (Fsp3) is 1.00. The van der Waals surface area contributed by atoms with Crippen LogP contribution in [0, 0.1) is 11.8 Å². The summed E-state index contributed by atoms with van der Waals surface area (Å²) in [5.41, 5.74) is 0. The maximum absolute atomic E-state index is 3.72. The van der Waals surface area contributed by atoms with Crippen LogP contribution in [0.25, 0.3) is 0 Å². The van der Waals surface area contributed by atoms with Gasteiger partial charge in [-0.15, -0.1) is 0 Å². The summed E-state index contributed by atoms with van der Waals surface area (Å²) in [7, 11) is 2.27. The van der Waals surface area contributed by atoms with Gasteiger partial charge >= 0.3 is 0 Å². The summed E-state index contributed by atoms with van der Waals surface area (Å²) >= 11 is 0. The molecule has 0 aliphatic carbocycles. The number of hydrogen-bond donors (Lipinski definition) is 1. The van der Waals surface area contributed by atoms with E-state index in [0.717, 1.165) is 11.8 Å². The Hall–Kier alpha value is -0.120. The fourth-order valence-electron chi connectivity index (χ4n) is 3.73. The third-order valence-corrected chi connectivity index (χ3v) is 4.75. The summed E-state index contributed by atoms with van der Waals surface area (Å²) in [6.45, 7) is 13.4. The first-order valence-corrected chi connectivity index (χ1v) is 8.20. The topological polar surface area (TPSA) is 18.5 Å². The number of rotatable bonds is 4. The highest BCUT2D eigenvalue weighted by Crippen LogP contribution is 2.20. The van der Waals surface area contributed by atoms with Crippen molar-refractivity contribution >= 4 is 0 Å². The Morgan fingerprint density at radius 3 is 2.74 bits per heavy atom. The second kappa shape index (κ2) is 7.05. The quantitative estimate of drug-likeness (QED) is 0.841. The zero-order chi connectivity index (χ0) is 13.8. The van der Waals surface area contributed by atoms with Gasteiger partial charge < -0.3 is 10.2 Å². The third-order valence-electron chi connectivity index (χ3n) is 4.75. The maximum Gasteiger partial charge on any atom is 0.0198 e. The minimum atomic E-state index is 0.704. The lowest BCUT2D eigenvalue weighted by atomic mass is 9.95. The predicted molar refractivity (Wildman–Crippen MR) is 82.5 cm³/mol. The van der Waals surface area contributed by atoms with E-state index in [1.54, 1.807) is 0 Å². The van der Waals surface area contributed by atoms with Gasteiger partial charge in [0.25, 0.3) is 0 Å². The molecule has 3 heteroatoms. The van der Waals surface area contributed by atoms with Crippen LogP contribution in [-0.2, 0) is 0 Å². The van der Waals surface area contributed by atoms with E-state index in [1.165, 1.54) is 52.0 Å². The molecule has 2 aliphatic heterocycles.